The molecule has 0 heterocycles. The second-order valence-corrected chi connectivity index (χ2v) is 11.5. The molecule has 5 nitrogen and oxygen atoms in total. The standard InChI is InChI=1S/C24H23Cl3N2O3S2/c25-19-12-10-18(11-13-19)17-33-15-5-14-28-23(30)16-29(22-9-4-8-21(26)24(22)27)34(31,32)20-6-2-1-3-7-20/h1-4,6-13H,5,14-17H2,(H,28,30). The Morgan fingerprint density at radius 1 is 0.912 bits per heavy atom. The number of rotatable bonds is 11. The van der Waals surface area contributed by atoms with Crippen LogP contribution in [0.1, 0.15) is 12.0 Å². The molecule has 0 aliphatic carbocycles. The average molecular weight is 558 g/mol. The van der Waals surface area contributed by atoms with E-state index >= 15 is 0 Å². The van der Waals surface area contributed by atoms with Crippen LogP contribution in [0.5, 0.6) is 0 Å². The third kappa shape index (κ3) is 7.30. The second kappa shape index (κ2) is 12.7. The summed E-state index contributed by atoms with van der Waals surface area (Å²) >= 11 is 20.1. The predicted molar refractivity (Wildman–Crippen MR) is 143 cm³/mol. The number of nitrogens with one attached hydrogen (secondary N) is 1. The SMILES string of the molecule is O=C(CN(c1cccc(Cl)c1Cl)S(=O)(=O)c1ccccc1)NCCCSCc1ccc(Cl)cc1. The van der Waals surface area contributed by atoms with E-state index in [2.05, 4.69) is 5.32 Å². The maximum Gasteiger partial charge on any atom is 0.264 e. The normalized spacial score (nSPS) is 11.3. The largest absolute Gasteiger partial charge is 0.354 e. The van der Waals surface area contributed by atoms with Crippen molar-refractivity contribution in [2.24, 2.45) is 0 Å². The zero-order valence-electron chi connectivity index (χ0n) is 18.1. The number of amides is 1. The highest BCUT2D eigenvalue weighted by atomic mass is 35.5. The van der Waals surface area contributed by atoms with Crippen LogP contribution in [0, 0.1) is 0 Å². The fourth-order valence-electron chi connectivity index (χ4n) is 3.06. The van der Waals surface area contributed by atoms with Gasteiger partial charge in [-0.05, 0) is 54.1 Å². The highest BCUT2D eigenvalue weighted by molar-refractivity contribution is 7.98. The minimum Gasteiger partial charge on any atom is -0.354 e. The first-order valence-electron chi connectivity index (χ1n) is 10.4. The van der Waals surface area contributed by atoms with E-state index in [4.69, 9.17) is 34.8 Å². The maximum atomic E-state index is 13.3. The number of thioether (sulfide) groups is 1. The molecule has 0 radical (unpaired) electrons. The highest BCUT2D eigenvalue weighted by Crippen LogP contribution is 2.35. The van der Waals surface area contributed by atoms with E-state index in [1.807, 2.05) is 24.3 Å². The lowest BCUT2D eigenvalue weighted by molar-refractivity contribution is -0.119. The van der Waals surface area contributed by atoms with Crippen LogP contribution in [0.4, 0.5) is 5.69 Å². The number of hydrogen-bond acceptors (Lipinski definition) is 4. The molecule has 3 rings (SSSR count). The molecule has 0 aromatic heterocycles. The number of carbonyl (C=O) groups excluding carboxylic acids is 1. The van der Waals surface area contributed by atoms with E-state index in [-0.39, 0.29) is 20.6 Å². The molecular formula is C24H23Cl3N2O3S2. The van der Waals surface area contributed by atoms with E-state index < -0.39 is 22.5 Å². The van der Waals surface area contributed by atoms with Crippen molar-refractivity contribution < 1.29 is 13.2 Å². The van der Waals surface area contributed by atoms with Crippen molar-refractivity contribution in [3.05, 3.63) is 93.4 Å². The summed E-state index contributed by atoms with van der Waals surface area (Å²) < 4.78 is 27.7. The Morgan fingerprint density at radius 2 is 1.62 bits per heavy atom. The molecule has 0 atom stereocenters. The molecule has 0 bridgehead atoms. The van der Waals surface area contributed by atoms with Gasteiger partial charge in [-0.2, -0.15) is 11.8 Å². The van der Waals surface area contributed by atoms with Gasteiger partial charge in [-0.25, -0.2) is 8.42 Å². The van der Waals surface area contributed by atoms with Gasteiger partial charge in [0.05, 0.1) is 20.6 Å². The summed E-state index contributed by atoms with van der Waals surface area (Å²) in [7, 11) is -4.05. The fourth-order valence-corrected chi connectivity index (χ4v) is 6.01. The van der Waals surface area contributed by atoms with Crippen LogP contribution in [0.2, 0.25) is 15.1 Å². The maximum absolute atomic E-state index is 13.3. The zero-order valence-corrected chi connectivity index (χ0v) is 22.0. The Hall–Kier alpha value is -1.90. The van der Waals surface area contributed by atoms with Crippen molar-refractivity contribution in [3.8, 4) is 0 Å². The number of halogens is 3. The molecule has 3 aromatic rings. The van der Waals surface area contributed by atoms with Gasteiger partial charge in [0.1, 0.15) is 6.54 Å². The molecule has 3 aromatic carbocycles. The number of nitrogens with zero attached hydrogens (tertiary/aromatic N) is 1. The lowest BCUT2D eigenvalue weighted by Gasteiger charge is -2.25. The summed E-state index contributed by atoms with van der Waals surface area (Å²) in [5, 5.41) is 3.77. The summed E-state index contributed by atoms with van der Waals surface area (Å²) in [5.41, 5.74) is 1.32. The molecule has 0 saturated heterocycles. The van der Waals surface area contributed by atoms with Crippen molar-refractivity contribution in [2.75, 3.05) is 23.1 Å². The van der Waals surface area contributed by atoms with Gasteiger partial charge in [-0.1, -0.05) is 71.2 Å². The highest BCUT2D eigenvalue weighted by Gasteiger charge is 2.29. The van der Waals surface area contributed by atoms with Gasteiger partial charge in [-0.15, -0.1) is 0 Å². The molecule has 0 unspecified atom stereocenters. The predicted octanol–water partition coefficient (Wildman–Crippen LogP) is 6.28. The molecule has 180 valence electrons. The van der Waals surface area contributed by atoms with Gasteiger partial charge in [0.15, 0.2) is 0 Å². The minimum atomic E-state index is -4.05. The molecule has 10 heteroatoms. The lowest BCUT2D eigenvalue weighted by atomic mass is 10.2. The second-order valence-electron chi connectivity index (χ2n) is 7.28. The third-order valence-electron chi connectivity index (χ3n) is 4.79. The molecule has 1 amide bonds. The van der Waals surface area contributed by atoms with Gasteiger partial charge in [0.2, 0.25) is 5.91 Å². The Bertz CT molecular complexity index is 1210. The molecular weight excluding hydrogens is 535 g/mol. The van der Waals surface area contributed by atoms with E-state index in [0.717, 1.165) is 22.2 Å². The summed E-state index contributed by atoms with van der Waals surface area (Å²) in [5.74, 6) is 1.26. The van der Waals surface area contributed by atoms with Crippen LogP contribution in [-0.2, 0) is 20.6 Å². The lowest BCUT2D eigenvalue weighted by Crippen LogP contribution is -2.41. The van der Waals surface area contributed by atoms with Gasteiger partial charge in [-0.3, -0.25) is 9.10 Å². The summed E-state index contributed by atoms with van der Waals surface area (Å²) in [6, 6.07) is 20.3. The van der Waals surface area contributed by atoms with Crippen molar-refractivity contribution in [2.45, 2.75) is 17.1 Å². The van der Waals surface area contributed by atoms with Gasteiger partial charge >= 0.3 is 0 Å². The summed E-state index contributed by atoms with van der Waals surface area (Å²) in [6.07, 6.45) is 0.743. The van der Waals surface area contributed by atoms with Crippen LogP contribution in [0.15, 0.2) is 77.7 Å². The van der Waals surface area contributed by atoms with Crippen molar-refractivity contribution in [1.29, 1.82) is 0 Å². The molecule has 0 fully saturated rings. The Kier molecular flexibility index (Phi) is 9.97. The Balaban J connectivity index is 1.60. The average Bonchev–Trinajstić information content (AvgIpc) is 2.83. The monoisotopic (exact) mass is 556 g/mol. The minimum absolute atomic E-state index is 0.0532. The van der Waals surface area contributed by atoms with E-state index in [1.165, 1.54) is 23.8 Å². The Morgan fingerprint density at radius 3 is 2.32 bits per heavy atom. The van der Waals surface area contributed by atoms with Crippen LogP contribution in [0.3, 0.4) is 0 Å². The number of anilines is 1. The van der Waals surface area contributed by atoms with Crippen molar-refractivity contribution in [3.63, 3.8) is 0 Å². The van der Waals surface area contributed by atoms with Crippen LogP contribution in [-0.4, -0.2) is 33.2 Å². The zero-order chi connectivity index (χ0) is 24.6. The molecule has 0 aliphatic heterocycles. The van der Waals surface area contributed by atoms with E-state index in [0.29, 0.717) is 11.6 Å². The first-order chi connectivity index (χ1) is 16.3. The third-order valence-corrected chi connectivity index (χ3v) is 8.74. The van der Waals surface area contributed by atoms with Crippen LogP contribution >= 0.6 is 46.6 Å². The van der Waals surface area contributed by atoms with E-state index in [9.17, 15) is 13.2 Å². The number of sulfonamides is 1. The van der Waals surface area contributed by atoms with Gasteiger partial charge in [0, 0.05) is 17.3 Å². The molecule has 0 spiro atoms. The van der Waals surface area contributed by atoms with Crippen LogP contribution < -0.4 is 9.62 Å². The van der Waals surface area contributed by atoms with E-state index in [1.54, 1.807) is 42.1 Å². The summed E-state index contributed by atoms with van der Waals surface area (Å²) in [6.45, 7) is 0.00413. The number of carbonyl (C=O) groups is 1. The molecule has 34 heavy (non-hydrogen) atoms. The van der Waals surface area contributed by atoms with Gasteiger partial charge in [0.25, 0.3) is 10.0 Å². The first kappa shape index (κ1) is 26.7. The van der Waals surface area contributed by atoms with Gasteiger partial charge < -0.3 is 5.32 Å². The summed E-state index contributed by atoms with van der Waals surface area (Å²) in [4.78, 5) is 12.7. The quantitative estimate of drug-likeness (QED) is 0.282. The molecule has 1 N–H and O–H groups in total. The molecule has 0 aliphatic rings. The first-order valence-corrected chi connectivity index (χ1v) is 14.1. The smallest absolute Gasteiger partial charge is 0.264 e. The molecule has 0 saturated carbocycles. The van der Waals surface area contributed by atoms with Crippen LogP contribution in [0.25, 0.3) is 0 Å². The number of benzene rings is 3. The Labute approximate surface area is 219 Å². The van der Waals surface area contributed by atoms with Crippen molar-refractivity contribution >= 4 is 68.2 Å². The van der Waals surface area contributed by atoms with Crippen molar-refractivity contribution in [1.82, 2.24) is 5.32 Å². The fraction of sp³-hybridized carbons (Fsp3) is 0.208. The topological polar surface area (TPSA) is 66.5 Å². The number of hydrogen-bond donors (Lipinski definition) is 1.